The molecule has 2 aromatic heterocycles. The Kier molecular flexibility index (Phi) is 9.48. The van der Waals surface area contributed by atoms with Gasteiger partial charge in [-0.2, -0.15) is 15.2 Å². The van der Waals surface area contributed by atoms with E-state index in [9.17, 15) is 14.0 Å². The maximum atomic E-state index is 16.3. The van der Waals surface area contributed by atoms with Crippen LogP contribution in [0.4, 0.5) is 24.0 Å². The molecule has 4 saturated heterocycles. The van der Waals surface area contributed by atoms with E-state index < -0.39 is 17.8 Å². The van der Waals surface area contributed by atoms with Gasteiger partial charge in [0.05, 0.1) is 22.4 Å². The second-order valence-corrected chi connectivity index (χ2v) is 13.4. The number of ether oxygens (including phenoxy) is 1. The van der Waals surface area contributed by atoms with Gasteiger partial charge in [-0.05, 0) is 56.3 Å². The van der Waals surface area contributed by atoms with E-state index in [1.807, 2.05) is 19.9 Å². The normalized spacial score (nSPS) is 23.5. The van der Waals surface area contributed by atoms with Crippen LogP contribution in [0.25, 0.3) is 32.1 Å². The maximum Gasteiger partial charge on any atom is 0.318 e. The fourth-order valence-electron chi connectivity index (χ4n) is 7.24. The topological polar surface area (TPSA) is 103 Å². The molecule has 2 aromatic carbocycles. The number of hydrogen-bond donors (Lipinski definition) is 2. The van der Waals surface area contributed by atoms with Gasteiger partial charge in [0.2, 0.25) is 0 Å². The van der Waals surface area contributed by atoms with Gasteiger partial charge in [0.25, 0.3) is 0 Å². The number of aromatic nitrogens is 2. The van der Waals surface area contributed by atoms with E-state index in [0.29, 0.717) is 35.9 Å². The lowest BCUT2D eigenvalue weighted by Crippen LogP contribution is -2.51. The number of fused-ring (bicyclic) bond motifs is 5. The Morgan fingerprint density at radius 1 is 1.13 bits per heavy atom. The molecule has 4 aliphatic rings. The predicted octanol–water partition coefficient (Wildman–Crippen LogP) is 7.06. The number of piperazine rings is 1. The first-order chi connectivity index (χ1) is 22.2. The molecule has 4 aliphatic heterocycles. The number of halogens is 4. The van der Waals surface area contributed by atoms with Crippen LogP contribution in [-0.2, 0) is 0 Å². The number of methoxy groups -OCH3 is 1. The van der Waals surface area contributed by atoms with Crippen molar-refractivity contribution in [3.05, 3.63) is 40.4 Å². The minimum Gasteiger partial charge on any atom is -0.467 e. The first kappa shape index (κ1) is 32.6. The van der Waals surface area contributed by atoms with E-state index in [1.54, 1.807) is 6.07 Å². The standard InChI is InChI=1S/C24H19ClF2N6OS.C7H12FN.C2H6/c1-34-24-31-20-13(23(32-24)33-8-10-2-3-11(9-33)30-10)6-15(25)18(19(20)27)12-4-5-16(26)21-17(12)14(7-28)22(29)35-21;8-6-4-7-2-1-3-9(7)5-6;1-2/h4-6,10-11,30H,2-3,8-9,29H2,1H3;6-7H,1-5H2;1-2H3. The fourth-order valence-corrected chi connectivity index (χ4v) is 8.49. The molecule has 3 N–H and O–H groups in total. The summed E-state index contributed by atoms with van der Waals surface area (Å²) in [7, 11) is 1.43. The van der Waals surface area contributed by atoms with Crippen LogP contribution in [0.5, 0.6) is 6.01 Å². The molecular formula is C33H37ClF3N7OS. The van der Waals surface area contributed by atoms with Crippen molar-refractivity contribution in [1.29, 1.82) is 5.26 Å². The van der Waals surface area contributed by atoms with E-state index in [0.717, 1.165) is 50.2 Å². The predicted molar refractivity (Wildman–Crippen MR) is 179 cm³/mol. The van der Waals surface area contributed by atoms with Crippen LogP contribution in [0.15, 0.2) is 18.2 Å². The van der Waals surface area contributed by atoms with Gasteiger partial charge in [0, 0.05) is 54.1 Å². The Morgan fingerprint density at radius 2 is 1.87 bits per heavy atom. The molecule has 13 heteroatoms. The van der Waals surface area contributed by atoms with Crippen LogP contribution in [0.3, 0.4) is 0 Å². The number of nitriles is 1. The molecule has 8 rings (SSSR count). The summed E-state index contributed by atoms with van der Waals surface area (Å²) in [6.45, 7) is 7.31. The van der Waals surface area contributed by atoms with Crippen molar-refractivity contribution in [2.24, 2.45) is 0 Å². The number of benzene rings is 2. The third-order valence-electron chi connectivity index (χ3n) is 9.20. The van der Waals surface area contributed by atoms with Crippen molar-refractivity contribution < 1.29 is 17.9 Å². The Hall–Kier alpha value is -3.37. The molecule has 8 nitrogen and oxygen atoms in total. The quantitative estimate of drug-likeness (QED) is 0.239. The number of nitrogen functional groups attached to an aromatic ring is 1. The van der Waals surface area contributed by atoms with Crippen LogP contribution in [0.2, 0.25) is 5.02 Å². The molecule has 0 amide bonds. The van der Waals surface area contributed by atoms with Crippen LogP contribution in [-0.4, -0.2) is 72.5 Å². The van der Waals surface area contributed by atoms with Crippen LogP contribution >= 0.6 is 22.9 Å². The monoisotopic (exact) mass is 671 g/mol. The molecule has 0 spiro atoms. The lowest BCUT2D eigenvalue weighted by atomic mass is 9.97. The minimum atomic E-state index is -0.700. The summed E-state index contributed by atoms with van der Waals surface area (Å²) in [6, 6.07) is 7.59. The van der Waals surface area contributed by atoms with Crippen LogP contribution < -0.4 is 20.7 Å². The highest BCUT2D eigenvalue weighted by Gasteiger charge is 2.36. The van der Waals surface area contributed by atoms with Gasteiger partial charge in [-0.25, -0.2) is 13.2 Å². The summed E-state index contributed by atoms with van der Waals surface area (Å²) < 4.78 is 48.9. The van der Waals surface area contributed by atoms with Crippen LogP contribution in [0, 0.1) is 23.0 Å². The van der Waals surface area contributed by atoms with Crippen LogP contribution in [0.1, 0.15) is 51.5 Å². The Morgan fingerprint density at radius 3 is 2.54 bits per heavy atom. The number of nitrogens with one attached hydrogen (secondary N) is 1. The van der Waals surface area contributed by atoms with E-state index in [2.05, 4.69) is 25.1 Å². The Balaban J connectivity index is 0.000000286. The second kappa shape index (κ2) is 13.4. The van der Waals surface area contributed by atoms with Gasteiger partial charge in [0.15, 0.2) is 5.82 Å². The van der Waals surface area contributed by atoms with Gasteiger partial charge in [-0.1, -0.05) is 31.5 Å². The van der Waals surface area contributed by atoms with E-state index in [-0.39, 0.29) is 48.3 Å². The summed E-state index contributed by atoms with van der Waals surface area (Å²) >= 11 is 7.62. The smallest absolute Gasteiger partial charge is 0.318 e. The number of thiophene rings is 1. The number of alkyl halides is 1. The second-order valence-electron chi connectivity index (χ2n) is 11.9. The molecule has 2 bridgehead atoms. The Bertz CT molecular complexity index is 1790. The number of anilines is 2. The number of rotatable bonds is 3. The molecule has 4 unspecified atom stereocenters. The maximum absolute atomic E-state index is 16.3. The summed E-state index contributed by atoms with van der Waals surface area (Å²) in [4.78, 5) is 13.3. The van der Waals surface area contributed by atoms with Crippen molar-refractivity contribution in [3.63, 3.8) is 0 Å². The highest BCUT2D eigenvalue weighted by molar-refractivity contribution is 7.23. The lowest BCUT2D eigenvalue weighted by Gasteiger charge is -2.34. The molecule has 244 valence electrons. The van der Waals surface area contributed by atoms with Gasteiger partial charge in [0.1, 0.15) is 34.4 Å². The SMILES string of the molecule is CC.COc1nc(N2CC3CCC(C2)N3)c2cc(Cl)c(-c3ccc(F)c4sc(N)c(C#N)c34)c(F)c2n1.FC1CC2CCCN2C1. The molecule has 4 atom stereocenters. The molecule has 4 fully saturated rings. The Labute approximate surface area is 275 Å². The molecule has 6 heterocycles. The zero-order chi connectivity index (χ0) is 32.7. The summed E-state index contributed by atoms with van der Waals surface area (Å²) in [5.41, 5.74) is 6.39. The van der Waals surface area contributed by atoms with E-state index >= 15 is 4.39 Å². The molecule has 46 heavy (non-hydrogen) atoms. The summed E-state index contributed by atoms with van der Waals surface area (Å²) in [5, 5.41) is 14.2. The van der Waals surface area contributed by atoms with Gasteiger partial charge < -0.3 is 20.7 Å². The van der Waals surface area contributed by atoms with Gasteiger partial charge in [-0.3, -0.25) is 4.90 Å². The zero-order valence-electron chi connectivity index (χ0n) is 26.0. The van der Waals surface area contributed by atoms with Crippen molar-refractivity contribution in [2.75, 3.05) is 43.9 Å². The van der Waals surface area contributed by atoms with Crippen molar-refractivity contribution >= 4 is 54.7 Å². The molecule has 0 aliphatic carbocycles. The lowest BCUT2D eigenvalue weighted by molar-refractivity contribution is 0.292. The minimum absolute atomic E-state index is 0.0190. The van der Waals surface area contributed by atoms with Gasteiger partial charge >= 0.3 is 6.01 Å². The number of nitrogens with two attached hydrogens (primary N) is 1. The first-order valence-corrected chi connectivity index (χ1v) is 17.0. The highest BCUT2D eigenvalue weighted by atomic mass is 35.5. The van der Waals surface area contributed by atoms with E-state index in [4.69, 9.17) is 22.1 Å². The molecule has 0 radical (unpaired) electrons. The first-order valence-electron chi connectivity index (χ1n) is 15.8. The number of hydrogen-bond acceptors (Lipinski definition) is 9. The zero-order valence-corrected chi connectivity index (χ0v) is 27.6. The summed E-state index contributed by atoms with van der Waals surface area (Å²) in [5.74, 6) is -0.688. The summed E-state index contributed by atoms with van der Waals surface area (Å²) in [6.07, 6.45) is 4.96. The third-order valence-corrected chi connectivity index (χ3v) is 10.5. The number of nitrogens with zero attached hydrogens (tertiary/aromatic N) is 5. The van der Waals surface area contributed by atoms with Crippen molar-refractivity contribution in [2.45, 2.75) is 70.2 Å². The van der Waals surface area contributed by atoms with Crippen molar-refractivity contribution in [1.82, 2.24) is 20.2 Å². The molecule has 4 aromatic rings. The third kappa shape index (κ3) is 5.83. The largest absolute Gasteiger partial charge is 0.467 e. The fraction of sp³-hybridized carbons (Fsp3) is 0.485. The average Bonchev–Trinajstić information content (AvgIpc) is 3.81. The molecule has 0 saturated carbocycles. The van der Waals surface area contributed by atoms with Gasteiger partial charge in [-0.15, -0.1) is 11.3 Å². The van der Waals surface area contributed by atoms with E-state index in [1.165, 1.54) is 32.1 Å². The van der Waals surface area contributed by atoms with Crippen molar-refractivity contribution in [3.8, 4) is 23.2 Å². The average molecular weight is 672 g/mol. The molecular weight excluding hydrogens is 635 g/mol. The highest BCUT2D eigenvalue weighted by Crippen LogP contribution is 2.46.